The molecule has 0 saturated heterocycles. The van der Waals surface area contributed by atoms with Crippen molar-refractivity contribution in [1.82, 2.24) is 9.80 Å². The zero-order valence-corrected chi connectivity index (χ0v) is 11.4. The fourth-order valence-electron chi connectivity index (χ4n) is 2.88. The van der Waals surface area contributed by atoms with E-state index in [4.69, 9.17) is 5.73 Å². The maximum absolute atomic E-state index is 6.05. The molecule has 0 spiro atoms. The van der Waals surface area contributed by atoms with Crippen molar-refractivity contribution in [1.29, 1.82) is 0 Å². The fourth-order valence-corrected chi connectivity index (χ4v) is 2.88. The summed E-state index contributed by atoms with van der Waals surface area (Å²) >= 11 is 0. The summed E-state index contributed by atoms with van der Waals surface area (Å²) in [5.41, 5.74) is 6.25. The first-order valence-electron chi connectivity index (χ1n) is 6.91. The zero-order chi connectivity index (χ0) is 12.5. The van der Waals surface area contributed by atoms with Crippen molar-refractivity contribution in [3.63, 3.8) is 0 Å². The van der Waals surface area contributed by atoms with Crippen molar-refractivity contribution in [2.45, 2.75) is 39.2 Å². The van der Waals surface area contributed by atoms with E-state index < -0.39 is 0 Å². The normalized spacial score (nSPS) is 28.9. The largest absolute Gasteiger partial charge is 0.370 e. The molecule has 4 heteroatoms. The van der Waals surface area contributed by atoms with E-state index in [-0.39, 0.29) is 5.54 Å². The summed E-state index contributed by atoms with van der Waals surface area (Å²) in [4.78, 5) is 9.26. The molecule has 17 heavy (non-hydrogen) atoms. The van der Waals surface area contributed by atoms with Crippen LogP contribution in [-0.4, -0.2) is 54.0 Å². The number of likely N-dealkylation sites (N-methyl/N-ethyl adjacent to an activating group) is 1. The van der Waals surface area contributed by atoms with Crippen LogP contribution in [0.25, 0.3) is 0 Å². The monoisotopic (exact) mass is 238 g/mol. The van der Waals surface area contributed by atoms with Crippen LogP contribution in [0.4, 0.5) is 0 Å². The second kappa shape index (κ2) is 4.84. The van der Waals surface area contributed by atoms with Gasteiger partial charge < -0.3 is 15.5 Å². The highest BCUT2D eigenvalue weighted by Crippen LogP contribution is 2.44. The molecule has 1 unspecified atom stereocenters. The summed E-state index contributed by atoms with van der Waals surface area (Å²) in [5, 5.41) is 0. The van der Waals surface area contributed by atoms with E-state index in [9.17, 15) is 0 Å². The lowest BCUT2D eigenvalue weighted by Gasteiger charge is -2.37. The lowest BCUT2D eigenvalue weighted by molar-refractivity contribution is 0.166. The Morgan fingerprint density at radius 2 is 2.06 bits per heavy atom. The summed E-state index contributed by atoms with van der Waals surface area (Å²) in [5.74, 6) is 1.57. The lowest BCUT2D eigenvalue weighted by Crippen LogP contribution is -2.53. The van der Waals surface area contributed by atoms with Crippen molar-refractivity contribution >= 4 is 5.96 Å². The first kappa shape index (κ1) is 12.7. The van der Waals surface area contributed by atoms with Gasteiger partial charge in [-0.1, -0.05) is 13.8 Å². The van der Waals surface area contributed by atoms with E-state index in [0.29, 0.717) is 0 Å². The van der Waals surface area contributed by atoms with Gasteiger partial charge in [-0.3, -0.25) is 4.99 Å². The average Bonchev–Trinajstić information content (AvgIpc) is 3.12. The molecular formula is C13H26N4. The quantitative estimate of drug-likeness (QED) is 0.754. The van der Waals surface area contributed by atoms with Gasteiger partial charge in [0.15, 0.2) is 5.96 Å². The maximum Gasteiger partial charge on any atom is 0.191 e. The third-order valence-electron chi connectivity index (χ3n) is 4.45. The number of guanidine groups is 1. The van der Waals surface area contributed by atoms with Gasteiger partial charge in [-0.05, 0) is 38.8 Å². The van der Waals surface area contributed by atoms with Gasteiger partial charge in [-0.25, -0.2) is 0 Å². The molecule has 4 nitrogen and oxygen atoms in total. The minimum atomic E-state index is 0.206. The van der Waals surface area contributed by atoms with Crippen LogP contribution in [0.2, 0.25) is 0 Å². The van der Waals surface area contributed by atoms with Crippen LogP contribution in [0.15, 0.2) is 4.99 Å². The van der Waals surface area contributed by atoms with Gasteiger partial charge >= 0.3 is 0 Å². The third-order valence-corrected chi connectivity index (χ3v) is 4.45. The summed E-state index contributed by atoms with van der Waals surface area (Å²) in [6.45, 7) is 12.0. The van der Waals surface area contributed by atoms with E-state index in [1.165, 1.54) is 12.8 Å². The van der Waals surface area contributed by atoms with Crippen LogP contribution in [-0.2, 0) is 0 Å². The van der Waals surface area contributed by atoms with Gasteiger partial charge in [0.25, 0.3) is 0 Å². The second-order valence-corrected chi connectivity index (χ2v) is 5.48. The Hall–Kier alpha value is -0.770. The van der Waals surface area contributed by atoms with E-state index >= 15 is 0 Å². The topological polar surface area (TPSA) is 44.9 Å². The number of hydrogen-bond donors (Lipinski definition) is 1. The molecule has 0 aromatic carbocycles. The fraction of sp³-hybridized carbons (Fsp3) is 0.923. The molecule has 2 rings (SSSR count). The molecule has 1 fully saturated rings. The van der Waals surface area contributed by atoms with Crippen molar-refractivity contribution in [2.24, 2.45) is 16.6 Å². The molecule has 1 aliphatic heterocycles. The molecular weight excluding hydrogens is 212 g/mol. The Labute approximate surface area is 105 Å². The summed E-state index contributed by atoms with van der Waals surface area (Å²) < 4.78 is 0. The van der Waals surface area contributed by atoms with Crippen molar-refractivity contribution in [3.8, 4) is 0 Å². The smallest absolute Gasteiger partial charge is 0.191 e. The molecule has 0 amide bonds. The SMILES string of the molecule is CCN(CC)CCN1C(N)=NCC1(C)C1CC1. The van der Waals surface area contributed by atoms with Crippen LogP contribution < -0.4 is 5.73 Å². The maximum atomic E-state index is 6.05. The molecule has 0 aromatic rings. The minimum Gasteiger partial charge on any atom is -0.370 e. The van der Waals surface area contributed by atoms with Gasteiger partial charge in [0.2, 0.25) is 0 Å². The molecule has 0 bridgehead atoms. The van der Waals surface area contributed by atoms with Crippen molar-refractivity contribution in [3.05, 3.63) is 0 Å². The first-order chi connectivity index (χ1) is 8.11. The molecule has 0 radical (unpaired) electrons. The molecule has 2 aliphatic rings. The molecule has 1 saturated carbocycles. The highest BCUT2D eigenvalue weighted by Gasteiger charge is 2.48. The molecule has 1 aliphatic carbocycles. The Morgan fingerprint density at radius 1 is 1.41 bits per heavy atom. The number of nitrogens with two attached hydrogens (primary N) is 1. The van der Waals surface area contributed by atoms with Gasteiger partial charge in [-0.2, -0.15) is 0 Å². The third kappa shape index (κ3) is 2.41. The van der Waals surface area contributed by atoms with E-state index in [2.05, 4.69) is 35.6 Å². The molecule has 1 heterocycles. The predicted octanol–water partition coefficient (Wildman–Crippen LogP) is 1.13. The summed E-state index contributed by atoms with van der Waals surface area (Å²) in [6.07, 6.45) is 2.70. The molecule has 1 atom stereocenters. The number of rotatable bonds is 6. The van der Waals surface area contributed by atoms with Gasteiger partial charge in [-0.15, -0.1) is 0 Å². The van der Waals surface area contributed by atoms with Crippen LogP contribution in [0.1, 0.15) is 33.6 Å². The summed E-state index contributed by atoms with van der Waals surface area (Å²) in [6, 6.07) is 0. The number of hydrogen-bond acceptors (Lipinski definition) is 4. The average molecular weight is 238 g/mol. The first-order valence-corrected chi connectivity index (χ1v) is 6.91. The van der Waals surface area contributed by atoms with Gasteiger partial charge in [0.1, 0.15) is 0 Å². The molecule has 0 aromatic heterocycles. The second-order valence-electron chi connectivity index (χ2n) is 5.48. The Kier molecular flexibility index (Phi) is 3.61. The molecule has 2 N–H and O–H groups in total. The lowest BCUT2D eigenvalue weighted by atomic mass is 9.95. The predicted molar refractivity (Wildman–Crippen MR) is 72.1 cm³/mol. The van der Waals surface area contributed by atoms with E-state index in [1.54, 1.807) is 0 Å². The van der Waals surface area contributed by atoms with Crippen LogP contribution in [0, 0.1) is 5.92 Å². The Balaban J connectivity index is 1.94. The minimum absolute atomic E-state index is 0.206. The highest BCUT2D eigenvalue weighted by atomic mass is 15.4. The van der Waals surface area contributed by atoms with Crippen LogP contribution in [0.5, 0.6) is 0 Å². The van der Waals surface area contributed by atoms with Crippen LogP contribution >= 0.6 is 0 Å². The van der Waals surface area contributed by atoms with Crippen molar-refractivity contribution in [2.75, 3.05) is 32.7 Å². The zero-order valence-electron chi connectivity index (χ0n) is 11.4. The summed E-state index contributed by atoms with van der Waals surface area (Å²) in [7, 11) is 0. The highest BCUT2D eigenvalue weighted by molar-refractivity contribution is 5.81. The van der Waals surface area contributed by atoms with Crippen molar-refractivity contribution < 1.29 is 0 Å². The Bertz CT molecular complexity index is 294. The number of aliphatic imine (C=N–C) groups is 1. The number of nitrogens with zero attached hydrogens (tertiary/aromatic N) is 3. The standard InChI is InChI=1S/C13H26N4/c1-4-16(5-2)8-9-17-12(14)15-10-13(17,3)11-6-7-11/h11H,4-10H2,1-3H3,(H2,14,15). The van der Waals surface area contributed by atoms with Gasteiger partial charge in [0.05, 0.1) is 12.1 Å². The van der Waals surface area contributed by atoms with E-state index in [0.717, 1.165) is 44.6 Å². The van der Waals surface area contributed by atoms with Gasteiger partial charge in [0, 0.05) is 13.1 Å². The Morgan fingerprint density at radius 3 is 2.59 bits per heavy atom. The van der Waals surface area contributed by atoms with E-state index in [1.807, 2.05) is 0 Å². The van der Waals surface area contributed by atoms with Crippen LogP contribution in [0.3, 0.4) is 0 Å². The molecule has 98 valence electrons.